The Morgan fingerprint density at radius 1 is 1.07 bits per heavy atom. The van der Waals surface area contributed by atoms with E-state index in [-0.39, 0.29) is 16.5 Å². The lowest BCUT2D eigenvalue weighted by molar-refractivity contribution is -0.394. The van der Waals surface area contributed by atoms with Crippen molar-refractivity contribution in [1.82, 2.24) is 14.8 Å². The molecule has 0 N–H and O–H groups in total. The molecule has 2 heterocycles. The van der Waals surface area contributed by atoms with Crippen LogP contribution in [0.5, 0.6) is 6.01 Å². The monoisotopic (exact) mass is 426 g/mol. The summed E-state index contributed by atoms with van der Waals surface area (Å²) in [4.78, 5) is 26.7. The highest BCUT2D eigenvalue weighted by Crippen LogP contribution is 2.44. The van der Waals surface area contributed by atoms with Gasteiger partial charge in [0.25, 0.3) is 0 Å². The van der Waals surface area contributed by atoms with Gasteiger partial charge in [0.15, 0.2) is 20.8 Å². The normalized spacial score (nSPS) is 17.9. The first-order valence-electron chi connectivity index (χ1n) is 8.66. The van der Waals surface area contributed by atoms with Gasteiger partial charge in [0.05, 0.1) is 7.05 Å². The fraction of sp³-hybridized carbons (Fsp3) is 0.105. The molecule has 0 bridgehead atoms. The Labute approximate surface area is 170 Å². The van der Waals surface area contributed by atoms with E-state index in [0.717, 1.165) is 4.68 Å². The molecule has 0 amide bonds. The van der Waals surface area contributed by atoms with Gasteiger partial charge in [0.1, 0.15) is 4.91 Å². The minimum Gasteiger partial charge on any atom is -0.406 e. The van der Waals surface area contributed by atoms with Crippen LogP contribution in [0.15, 0.2) is 66.4 Å². The van der Waals surface area contributed by atoms with Crippen LogP contribution in [0.3, 0.4) is 0 Å². The first-order chi connectivity index (χ1) is 14.3. The van der Waals surface area contributed by atoms with E-state index in [4.69, 9.17) is 4.74 Å². The maximum atomic E-state index is 13.4. The quantitative estimate of drug-likeness (QED) is 0.448. The Morgan fingerprint density at radius 2 is 1.67 bits per heavy atom. The number of aryl methyl sites for hydroxylation is 1. The van der Waals surface area contributed by atoms with Crippen molar-refractivity contribution in [2.24, 2.45) is 7.05 Å². The minimum atomic E-state index is -4.16. The summed E-state index contributed by atoms with van der Waals surface area (Å²) in [5, 5.41) is 13.0. The number of allylic oxidation sites excluding steroid dienone is 1. The lowest BCUT2D eigenvalue weighted by Gasteiger charge is -2.10. The number of nitrogens with zero attached hydrogens (tertiary/aromatic N) is 4. The second kappa shape index (κ2) is 7.19. The third-order valence-corrected chi connectivity index (χ3v) is 6.57. The van der Waals surface area contributed by atoms with Gasteiger partial charge < -0.3 is 14.9 Å². The van der Waals surface area contributed by atoms with Crippen LogP contribution in [-0.2, 0) is 21.7 Å². The maximum Gasteiger partial charge on any atom is 0.494 e. The highest BCUT2D eigenvalue weighted by molar-refractivity contribution is 8.02. The molecule has 1 atom stereocenters. The van der Waals surface area contributed by atoms with Gasteiger partial charge in [0, 0.05) is 5.10 Å². The lowest BCUT2D eigenvalue weighted by atomic mass is 10.1. The van der Waals surface area contributed by atoms with Gasteiger partial charge in [-0.25, -0.2) is 8.42 Å². The number of Topliss-reactive ketones (excluding diaryl/α,β-unsaturated/α-hetero) is 1. The molecule has 0 spiro atoms. The van der Waals surface area contributed by atoms with Gasteiger partial charge in [0.2, 0.25) is 5.78 Å². The highest BCUT2D eigenvalue weighted by atomic mass is 32.2. The van der Waals surface area contributed by atoms with Crippen LogP contribution in [0.25, 0.3) is 4.91 Å². The Hall–Kier alpha value is -3.86. The summed E-state index contributed by atoms with van der Waals surface area (Å²) < 4.78 is 33.3. The zero-order valence-electron chi connectivity index (χ0n) is 15.5. The zero-order chi connectivity index (χ0) is 21.5. The van der Waals surface area contributed by atoms with E-state index in [1.165, 1.54) is 19.2 Å². The molecule has 152 valence electrons. The van der Waals surface area contributed by atoms with Crippen molar-refractivity contribution in [3.63, 3.8) is 0 Å². The van der Waals surface area contributed by atoms with E-state index in [0.29, 0.717) is 5.56 Å². The van der Waals surface area contributed by atoms with Crippen molar-refractivity contribution >= 4 is 26.5 Å². The number of aromatic nitrogens is 3. The van der Waals surface area contributed by atoms with E-state index < -0.39 is 37.5 Å². The average molecular weight is 426 g/mol. The Balaban J connectivity index is 1.89. The van der Waals surface area contributed by atoms with Crippen molar-refractivity contribution in [3.05, 3.63) is 87.7 Å². The van der Waals surface area contributed by atoms with E-state index in [1.54, 1.807) is 48.5 Å². The summed E-state index contributed by atoms with van der Waals surface area (Å²) in [5.41, 5.74) is 0.550. The second-order valence-electron chi connectivity index (χ2n) is 6.40. The zero-order valence-corrected chi connectivity index (χ0v) is 16.3. The van der Waals surface area contributed by atoms with Gasteiger partial charge in [-0.15, -0.1) is 4.68 Å². The molecule has 10 nitrogen and oxygen atoms in total. The first kappa shape index (κ1) is 19.5. The molecule has 30 heavy (non-hydrogen) atoms. The van der Waals surface area contributed by atoms with Crippen LogP contribution < -0.4 is 4.74 Å². The molecule has 1 aliphatic rings. The molecule has 2 aromatic carbocycles. The predicted molar refractivity (Wildman–Crippen MR) is 105 cm³/mol. The number of nitro groups is 1. The van der Waals surface area contributed by atoms with Gasteiger partial charge in [-0.1, -0.05) is 60.7 Å². The predicted octanol–water partition coefficient (Wildman–Crippen LogP) is 2.21. The fourth-order valence-electron chi connectivity index (χ4n) is 3.17. The summed E-state index contributed by atoms with van der Waals surface area (Å²) in [6.45, 7) is 0. The van der Waals surface area contributed by atoms with Crippen molar-refractivity contribution in [2.45, 2.75) is 5.25 Å². The maximum absolute atomic E-state index is 13.4. The number of carbonyl (C=O) groups excluding carboxylic acids is 1. The van der Waals surface area contributed by atoms with E-state index in [2.05, 4.69) is 10.1 Å². The third-order valence-electron chi connectivity index (χ3n) is 4.47. The molecule has 1 aliphatic heterocycles. The number of ether oxygens (including phenoxy) is 1. The smallest absolute Gasteiger partial charge is 0.406 e. The summed E-state index contributed by atoms with van der Waals surface area (Å²) >= 11 is 0. The van der Waals surface area contributed by atoms with Crippen molar-refractivity contribution < 1.29 is 22.9 Å². The molecule has 0 saturated heterocycles. The SMILES string of the molecule is Cn1nc([N+](=O)[O-])nc1OC1=C(c2ccccc2)S(=O)(=O)C(c2ccccc2)C1=O. The first-order valence-corrected chi connectivity index (χ1v) is 10.2. The lowest BCUT2D eigenvalue weighted by Crippen LogP contribution is -2.17. The van der Waals surface area contributed by atoms with Crippen molar-refractivity contribution in [3.8, 4) is 6.01 Å². The Kier molecular flexibility index (Phi) is 4.66. The van der Waals surface area contributed by atoms with Crippen LogP contribution in [0, 0.1) is 10.1 Å². The van der Waals surface area contributed by atoms with Gasteiger partial charge in [-0.3, -0.25) is 4.79 Å². The van der Waals surface area contributed by atoms with Gasteiger partial charge >= 0.3 is 12.0 Å². The third kappa shape index (κ3) is 3.14. The molecule has 1 aromatic heterocycles. The molecule has 0 fully saturated rings. The van der Waals surface area contributed by atoms with E-state index in [9.17, 15) is 23.3 Å². The number of hydrogen-bond donors (Lipinski definition) is 0. The number of benzene rings is 2. The average Bonchev–Trinajstić information content (AvgIpc) is 3.18. The minimum absolute atomic E-state index is 0.260. The summed E-state index contributed by atoms with van der Waals surface area (Å²) in [5.74, 6) is -1.98. The topological polar surface area (TPSA) is 134 Å². The summed E-state index contributed by atoms with van der Waals surface area (Å²) in [7, 11) is -2.83. The molecule has 11 heteroatoms. The molecule has 0 saturated carbocycles. The number of rotatable bonds is 5. The van der Waals surface area contributed by atoms with Gasteiger partial charge in [-0.05, 0) is 21.0 Å². The van der Waals surface area contributed by atoms with Crippen LogP contribution >= 0.6 is 0 Å². The Bertz CT molecular complexity index is 1280. The molecular formula is C19H14N4O6S. The van der Waals surface area contributed by atoms with Crippen molar-refractivity contribution in [2.75, 3.05) is 0 Å². The number of sulfone groups is 1. The standard InChI is InChI=1S/C19H14N4O6S/c1-22-19(20-18(21-22)23(25)26)29-15-14(24)16(12-8-4-2-5-9-12)30(27,28)17(15)13-10-6-3-7-11-13/h2-11,16H,1H3. The number of hydrogen-bond acceptors (Lipinski definition) is 8. The highest BCUT2D eigenvalue weighted by Gasteiger charge is 2.50. The number of ketones is 1. The number of carbonyl (C=O) groups is 1. The molecule has 0 aliphatic carbocycles. The Morgan fingerprint density at radius 3 is 2.23 bits per heavy atom. The van der Waals surface area contributed by atoms with Crippen LogP contribution in [0.2, 0.25) is 0 Å². The van der Waals surface area contributed by atoms with E-state index >= 15 is 0 Å². The molecule has 1 unspecified atom stereocenters. The summed E-state index contributed by atoms with van der Waals surface area (Å²) in [6.07, 6.45) is 0. The largest absolute Gasteiger partial charge is 0.494 e. The summed E-state index contributed by atoms with van der Waals surface area (Å²) in [6, 6.07) is 15.7. The van der Waals surface area contributed by atoms with Gasteiger partial charge in [-0.2, -0.15) is 0 Å². The van der Waals surface area contributed by atoms with Crippen molar-refractivity contribution in [1.29, 1.82) is 0 Å². The molecular weight excluding hydrogens is 412 g/mol. The van der Waals surface area contributed by atoms with Crippen LogP contribution in [0.1, 0.15) is 16.4 Å². The molecule has 0 radical (unpaired) electrons. The van der Waals surface area contributed by atoms with E-state index in [1.807, 2.05) is 0 Å². The molecule has 4 rings (SSSR count). The fourth-order valence-corrected chi connectivity index (χ4v) is 5.18. The molecule has 3 aromatic rings. The second-order valence-corrected chi connectivity index (χ2v) is 8.37. The van der Waals surface area contributed by atoms with Crippen LogP contribution in [-0.4, -0.2) is 33.9 Å². The van der Waals surface area contributed by atoms with Crippen LogP contribution in [0.4, 0.5) is 5.95 Å².